The minimum absolute atomic E-state index is 0.218. The van der Waals surface area contributed by atoms with E-state index < -0.39 is 0 Å². The topological polar surface area (TPSA) is 66.6 Å². The molecule has 6 nitrogen and oxygen atoms in total. The molecule has 0 radical (unpaired) electrons. The molecule has 0 unspecified atom stereocenters. The van der Waals surface area contributed by atoms with Crippen molar-refractivity contribution in [3.63, 3.8) is 0 Å². The van der Waals surface area contributed by atoms with Crippen molar-refractivity contribution in [3.05, 3.63) is 53.2 Å². The number of hydrogen-bond donors (Lipinski definition) is 1. The lowest BCUT2D eigenvalue weighted by Gasteiger charge is -2.26. The Morgan fingerprint density at radius 2 is 2.07 bits per heavy atom. The quantitative estimate of drug-likeness (QED) is 0.465. The summed E-state index contributed by atoms with van der Waals surface area (Å²) in [6, 6.07) is 11.7. The largest absolute Gasteiger partial charge is 0.507 e. The van der Waals surface area contributed by atoms with Crippen LogP contribution in [0.15, 0.2) is 42.7 Å². The Kier molecular flexibility index (Phi) is 4.01. The van der Waals surface area contributed by atoms with Crippen LogP contribution in [0.4, 0.5) is 0 Å². The zero-order chi connectivity index (χ0) is 20.2. The Hall–Kier alpha value is -3.03. The van der Waals surface area contributed by atoms with Crippen LogP contribution in [-0.4, -0.2) is 42.7 Å². The summed E-state index contributed by atoms with van der Waals surface area (Å²) >= 11 is 1.77. The molecule has 30 heavy (non-hydrogen) atoms. The molecular formula is C23H21N5OS. The number of rotatable bonds is 3. The summed E-state index contributed by atoms with van der Waals surface area (Å²) in [5.41, 5.74) is 2.83. The van der Waals surface area contributed by atoms with Crippen LogP contribution >= 0.6 is 11.3 Å². The van der Waals surface area contributed by atoms with Crippen LogP contribution in [0, 0.1) is 0 Å². The first-order chi connectivity index (χ1) is 14.7. The first-order valence-corrected chi connectivity index (χ1v) is 11.1. The average molecular weight is 416 g/mol. The predicted octanol–water partition coefficient (Wildman–Crippen LogP) is 4.63. The minimum atomic E-state index is 0.218. The van der Waals surface area contributed by atoms with Crippen LogP contribution in [0.1, 0.15) is 23.8 Å². The van der Waals surface area contributed by atoms with E-state index in [9.17, 15) is 5.11 Å². The monoisotopic (exact) mass is 415 g/mol. The maximum Gasteiger partial charge on any atom is 0.185 e. The zero-order valence-corrected chi connectivity index (χ0v) is 17.5. The number of hydrogen-bond acceptors (Lipinski definition) is 6. The molecule has 0 atom stereocenters. The molecule has 0 saturated heterocycles. The van der Waals surface area contributed by atoms with Gasteiger partial charge < -0.3 is 5.11 Å². The zero-order valence-electron chi connectivity index (χ0n) is 16.7. The average Bonchev–Trinajstić information content (AvgIpc) is 3.35. The molecule has 1 aliphatic heterocycles. The van der Waals surface area contributed by atoms with Gasteiger partial charge in [-0.1, -0.05) is 37.3 Å². The van der Waals surface area contributed by atoms with E-state index >= 15 is 0 Å². The van der Waals surface area contributed by atoms with Gasteiger partial charge in [-0.15, -0.1) is 16.4 Å². The van der Waals surface area contributed by atoms with Gasteiger partial charge >= 0.3 is 0 Å². The van der Waals surface area contributed by atoms with Gasteiger partial charge in [-0.2, -0.15) is 0 Å². The highest BCUT2D eigenvalue weighted by Gasteiger charge is 2.24. The van der Waals surface area contributed by atoms with Gasteiger partial charge in [0.2, 0.25) is 0 Å². The van der Waals surface area contributed by atoms with E-state index in [2.05, 4.69) is 21.9 Å². The summed E-state index contributed by atoms with van der Waals surface area (Å²) in [5.74, 6) is 0.742. The van der Waals surface area contributed by atoms with Crippen molar-refractivity contribution >= 4 is 38.0 Å². The Balaban J connectivity index is 1.52. The highest BCUT2D eigenvalue weighted by Crippen LogP contribution is 2.38. The molecule has 3 aromatic heterocycles. The van der Waals surface area contributed by atoms with Crippen molar-refractivity contribution in [2.75, 3.05) is 13.1 Å². The Morgan fingerprint density at radius 1 is 1.17 bits per heavy atom. The Morgan fingerprint density at radius 3 is 2.97 bits per heavy atom. The molecule has 0 spiro atoms. The summed E-state index contributed by atoms with van der Waals surface area (Å²) in [6.07, 6.45) is 3.92. The minimum Gasteiger partial charge on any atom is -0.507 e. The molecular weight excluding hydrogens is 394 g/mol. The SMILES string of the molecule is CCCN1CCc2c(sc3ncn4nc(-c5ccc6ccccc6c5O)nc4c23)C1. The first-order valence-electron chi connectivity index (χ1n) is 10.3. The number of phenols is 1. The molecule has 1 N–H and O–H groups in total. The molecule has 2 aromatic carbocycles. The number of aromatic nitrogens is 4. The third-order valence-electron chi connectivity index (χ3n) is 5.94. The summed E-state index contributed by atoms with van der Waals surface area (Å²) in [7, 11) is 0. The van der Waals surface area contributed by atoms with E-state index in [1.54, 1.807) is 22.2 Å². The molecule has 6 rings (SSSR count). The van der Waals surface area contributed by atoms with E-state index in [1.165, 1.54) is 16.9 Å². The molecule has 0 aliphatic carbocycles. The van der Waals surface area contributed by atoms with Gasteiger partial charge in [0.25, 0.3) is 0 Å². The van der Waals surface area contributed by atoms with Crippen molar-refractivity contribution in [2.45, 2.75) is 26.3 Å². The van der Waals surface area contributed by atoms with Crippen LogP contribution in [-0.2, 0) is 13.0 Å². The van der Waals surface area contributed by atoms with Gasteiger partial charge in [0.05, 0.1) is 10.9 Å². The maximum atomic E-state index is 10.9. The molecule has 5 aromatic rings. The molecule has 0 fully saturated rings. The maximum absolute atomic E-state index is 10.9. The van der Waals surface area contributed by atoms with Gasteiger partial charge in [-0.3, -0.25) is 4.90 Å². The number of phenolic OH excluding ortho intramolecular Hbond substituents is 1. The summed E-state index contributed by atoms with van der Waals surface area (Å²) in [6.45, 7) is 5.42. The highest BCUT2D eigenvalue weighted by molar-refractivity contribution is 7.19. The fourth-order valence-electron chi connectivity index (χ4n) is 4.50. The van der Waals surface area contributed by atoms with Gasteiger partial charge in [0.1, 0.15) is 16.9 Å². The van der Waals surface area contributed by atoms with Crippen molar-refractivity contribution in [1.82, 2.24) is 24.5 Å². The third-order valence-corrected chi connectivity index (χ3v) is 7.06. The number of aromatic hydroxyl groups is 1. The first kappa shape index (κ1) is 17.8. The Bertz CT molecular complexity index is 1420. The molecule has 0 amide bonds. The van der Waals surface area contributed by atoms with Crippen LogP contribution in [0.3, 0.4) is 0 Å². The molecule has 7 heteroatoms. The number of thiophene rings is 1. The van der Waals surface area contributed by atoms with Crippen LogP contribution in [0.5, 0.6) is 5.75 Å². The summed E-state index contributed by atoms with van der Waals surface area (Å²) in [5, 5.41) is 18.4. The van der Waals surface area contributed by atoms with Crippen LogP contribution in [0.2, 0.25) is 0 Å². The fourth-order valence-corrected chi connectivity index (χ4v) is 5.73. The summed E-state index contributed by atoms with van der Waals surface area (Å²) in [4.78, 5) is 14.4. The van der Waals surface area contributed by atoms with Gasteiger partial charge in [0, 0.05) is 23.4 Å². The molecule has 150 valence electrons. The number of benzene rings is 2. The van der Waals surface area contributed by atoms with Gasteiger partial charge in [-0.05, 0) is 36.4 Å². The molecule has 1 aliphatic rings. The standard InChI is InChI=1S/C23H21N5OS/c1-2-10-27-11-9-16-18(12-27)30-23-19(16)22-25-21(26-28(22)13-24-23)17-8-7-14-5-3-4-6-15(14)20(17)29/h3-8,13,29H,2,9-12H2,1H3. The second-order valence-electron chi connectivity index (χ2n) is 7.84. The second kappa shape index (κ2) is 6.75. The number of nitrogens with zero attached hydrogens (tertiary/aromatic N) is 5. The lowest BCUT2D eigenvalue weighted by Crippen LogP contribution is -2.30. The van der Waals surface area contributed by atoms with Crippen LogP contribution < -0.4 is 0 Å². The smallest absolute Gasteiger partial charge is 0.185 e. The fraction of sp³-hybridized carbons (Fsp3) is 0.261. The molecule has 0 bridgehead atoms. The third kappa shape index (κ3) is 2.62. The summed E-state index contributed by atoms with van der Waals surface area (Å²) < 4.78 is 1.75. The van der Waals surface area contributed by atoms with E-state index in [-0.39, 0.29) is 5.75 Å². The van der Waals surface area contributed by atoms with E-state index in [1.807, 2.05) is 36.4 Å². The Labute approximate surface area is 177 Å². The molecule has 4 heterocycles. The molecule has 0 saturated carbocycles. The van der Waals surface area contributed by atoms with E-state index in [4.69, 9.17) is 4.98 Å². The highest BCUT2D eigenvalue weighted by atomic mass is 32.1. The van der Waals surface area contributed by atoms with Gasteiger partial charge in [0.15, 0.2) is 11.5 Å². The van der Waals surface area contributed by atoms with Crippen molar-refractivity contribution in [3.8, 4) is 17.1 Å². The van der Waals surface area contributed by atoms with E-state index in [0.717, 1.165) is 52.7 Å². The lowest BCUT2D eigenvalue weighted by atomic mass is 10.0. The van der Waals surface area contributed by atoms with Gasteiger partial charge in [-0.25, -0.2) is 14.5 Å². The number of fused-ring (bicyclic) bond motifs is 6. The predicted molar refractivity (Wildman–Crippen MR) is 120 cm³/mol. The normalized spacial score (nSPS) is 14.7. The second-order valence-corrected chi connectivity index (χ2v) is 8.92. The van der Waals surface area contributed by atoms with Crippen molar-refractivity contribution in [2.24, 2.45) is 0 Å². The lowest BCUT2D eigenvalue weighted by molar-refractivity contribution is 0.258. The van der Waals surface area contributed by atoms with Crippen LogP contribution in [0.25, 0.3) is 38.0 Å². The van der Waals surface area contributed by atoms with E-state index in [0.29, 0.717) is 11.4 Å². The van der Waals surface area contributed by atoms with Crippen molar-refractivity contribution in [1.29, 1.82) is 0 Å². The van der Waals surface area contributed by atoms with Crippen molar-refractivity contribution < 1.29 is 5.11 Å².